The second-order valence-electron chi connectivity index (χ2n) is 1.44. The van der Waals surface area contributed by atoms with Crippen LogP contribution in [0.25, 0.3) is 0 Å². The van der Waals surface area contributed by atoms with Crippen molar-refractivity contribution in [2.45, 2.75) is 4.90 Å². The van der Waals surface area contributed by atoms with E-state index in [1.807, 2.05) is 0 Å². The van der Waals surface area contributed by atoms with Gasteiger partial charge in [0.05, 0.1) is 0 Å². The minimum absolute atomic E-state index is 0.339. The molecule has 0 N–H and O–H groups in total. The predicted octanol–water partition coefficient (Wildman–Crippen LogP) is 2.68. The molecule has 0 bridgehead atoms. The van der Waals surface area contributed by atoms with Gasteiger partial charge in [0.2, 0.25) is 0 Å². The minimum Gasteiger partial charge on any atom is -0.223 e. The van der Waals surface area contributed by atoms with Gasteiger partial charge in [0.1, 0.15) is 10.3 Å². The molecular formula is C5H3Cl2NS. The van der Waals surface area contributed by atoms with E-state index in [2.05, 4.69) is 17.6 Å². The summed E-state index contributed by atoms with van der Waals surface area (Å²) >= 11 is 15.0. The highest BCUT2D eigenvalue weighted by Gasteiger charge is 1.95. The van der Waals surface area contributed by atoms with Crippen LogP contribution < -0.4 is 0 Å². The molecule has 0 aliphatic heterocycles. The first-order valence-electron chi connectivity index (χ1n) is 2.21. The smallest absolute Gasteiger partial charge is 0.144 e. The fourth-order valence-electron chi connectivity index (χ4n) is 0.405. The maximum atomic E-state index is 5.54. The summed E-state index contributed by atoms with van der Waals surface area (Å²) in [5.74, 6) is 0. The quantitative estimate of drug-likeness (QED) is 0.478. The second-order valence-corrected chi connectivity index (χ2v) is 2.67. The van der Waals surface area contributed by atoms with Crippen molar-refractivity contribution in [3.63, 3.8) is 0 Å². The van der Waals surface area contributed by atoms with E-state index in [-0.39, 0.29) is 0 Å². The van der Waals surface area contributed by atoms with E-state index in [1.54, 1.807) is 12.1 Å². The van der Waals surface area contributed by atoms with E-state index in [0.29, 0.717) is 15.2 Å². The normalized spacial score (nSPS) is 9.67. The Balaban J connectivity index is 3.17. The summed E-state index contributed by atoms with van der Waals surface area (Å²) in [5, 5.41) is 0.726. The van der Waals surface area contributed by atoms with Crippen LogP contribution in [0.2, 0.25) is 10.3 Å². The highest BCUT2D eigenvalue weighted by atomic mass is 35.5. The average molecular weight is 180 g/mol. The van der Waals surface area contributed by atoms with Crippen molar-refractivity contribution >= 4 is 35.8 Å². The highest BCUT2D eigenvalue weighted by Crippen LogP contribution is 2.18. The third-order valence-corrected chi connectivity index (χ3v) is 1.79. The molecule has 1 rings (SSSR count). The summed E-state index contributed by atoms with van der Waals surface area (Å²) in [6, 6.07) is 3.33. The maximum absolute atomic E-state index is 5.54. The molecule has 1 heterocycles. The monoisotopic (exact) mass is 179 g/mol. The van der Waals surface area contributed by atoms with Crippen LogP contribution in [-0.2, 0) is 0 Å². The summed E-state index contributed by atoms with van der Waals surface area (Å²) in [6.07, 6.45) is 0. The number of halogens is 2. The standard InChI is InChI=1S/C5H3Cl2NS/c6-4-2-1-3(9)5(7)8-4/h1-2,9H. The Morgan fingerprint density at radius 3 is 2.44 bits per heavy atom. The molecule has 9 heavy (non-hydrogen) atoms. The van der Waals surface area contributed by atoms with Gasteiger partial charge in [-0.3, -0.25) is 0 Å². The van der Waals surface area contributed by atoms with Crippen molar-refractivity contribution in [1.29, 1.82) is 0 Å². The third-order valence-electron chi connectivity index (χ3n) is 0.795. The topological polar surface area (TPSA) is 12.9 Å². The van der Waals surface area contributed by atoms with Gasteiger partial charge in [0.25, 0.3) is 0 Å². The lowest BCUT2D eigenvalue weighted by atomic mass is 10.5. The molecule has 0 radical (unpaired) electrons. The first-order chi connectivity index (χ1) is 4.20. The van der Waals surface area contributed by atoms with Crippen LogP contribution >= 0.6 is 35.8 Å². The van der Waals surface area contributed by atoms with Crippen LogP contribution in [0, 0.1) is 0 Å². The minimum atomic E-state index is 0.339. The first-order valence-corrected chi connectivity index (χ1v) is 3.41. The molecule has 0 atom stereocenters. The number of hydrogen-bond acceptors (Lipinski definition) is 2. The van der Waals surface area contributed by atoms with Gasteiger partial charge in [-0.1, -0.05) is 23.2 Å². The molecule has 0 fully saturated rings. The van der Waals surface area contributed by atoms with Crippen molar-refractivity contribution in [3.8, 4) is 0 Å². The molecular weight excluding hydrogens is 177 g/mol. The molecule has 1 aromatic rings. The van der Waals surface area contributed by atoms with Gasteiger partial charge < -0.3 is 0 Å². The highest BCUT2D eigenvalue weighted by molar-refractivity contribution is 7.80. The van der Waals surface area contributed by atoms with E-state index in [1.165, 1.54) is 0 Å². The zero-order valence-electron chi connectivity index (χ0n) is 4.31. The van der Waals surface area contributed by atoms with Crippen LogP contribution in [-0.4, -0.2) is 4.98 Å². The van der Waals surface area contributed by atoms with E-state index in [4.69, 9.17) is 23.2 Å². The molecule has 0 unspecified atom stereocenters. The fourth-order valence-corrected chi connectivity index (χ4v) is 0.874. The molecule has 0 aromatic carbocycles. The van der Waals surface area contributed by atoms with E-state index in [0.717, 1.165) is 0 Å². The maximum Gasteiger partial charge on any atom is 0.144 e. The van der Waals surface area contributed by atoms with Crippen molar-refractivity contribution in [2.24, 2.45) is 0 Å². The van der Waals surface area contributed by atoms with Crippen LogP contribution in [0.15, 0.2) is 17.0 Å². The molecule has 4 heteroatoms. The number of thiol groups is 1. The van der Waals surface area contributed by atoms with Gasteiger partial charge in [-0.2, -0.15) is 0 Å². The Morgan fingerprint density at radius 2 is 2.00 bits per heavy atom. The predicted molar refractivity (Wildman–Crippen MR) is 41.5 cm³/mol. The van der Waals surface area contributed by atoms with E-state index >= 15 is 0 Å². The lowest BCUT2D eigenvalue weighted by molar-refractivity contribution is 1.24. The lowest BCUT2D eigenvalue weighted by Crippen LogP contribution is -1.76. The molecule has 1 nitrogen and oxygen atoms in total. The zero-order valence-corrected chi connectivity index (χ0v) is 6.71. The van der Waals surface area contributed by atoms with Gasteiger partial charge in [-0.25, -0.2) is 4.98 Å². The van der Waals surface area contributed by atoms with Crippen molar-refractivity contribution in [2.75, 3.05) is 0 Å². The Hall–Kier alpha value is 0.0800. The molecule has 0 spiro atoms. The van der Waals surface area contributed by atoms with Gasteiger partial charge in [-0.05, 0) is 12.1 Å². The largest absolute Gasteiger partial charge is 0.223 e. The first kappa shape index (κ1) is 7.19. The molecule has 48 valence electrons. The Labute approximate surface area is 68.4 Å². The van der Waals surface area contributed by atoms with Crippen molar-refractivity contribution in [3.05, 3.63) is 22.4 Å². The SMILES string of the molecule is Sc1ccc(Cl)nc1Cl. The Bertz CT molecular complexity index is 226. The average Bonchev–Trinajstić information content (AvgIpc) is 1.80. The number of nitrogens with zero attached hydrogens (tertiary/aromatic N) is 1. The molecule has 0 aliphatic carbocycles. The van der Waals surface area contributed by atoms with Crippen LogP contribution in [0.1, 0.15) is 0 Å². The number of hydrogen-bond donors (Lipinski definition) is 1. The van der Waals surface area contributed by atoms with Gasteiger partial charge in [0, 0.05) is 4.90 Å². The van der Waals surface area contributed by atoms with Gasteiger partial charge in [0.15, 0.2) is 0 Å². The molecule has 0 aliphatic rings. The van der Waals surface area contributed by atoms with Crippen molar-refractivity contribution < 1.29 is 0 Å². The summed E-state index contributed by atoms with van der Waals surface area (Å²) in [7, 11) is 0. The summed E-state index contributed by atoms with van der Waals surface area (Å²) in [5.41, 5.74) is 0. The molecule has 0 saturated carbocycles. The molecule has 1 aromatic heterocycles. The van der Waals surface area contributed by atoms with E-state index in [9.17, 15) is 0 Å². The van der Waals surface area contributed by atoms with Gasteiger partial charge >= 0.3 is 0 Å². The number of aromatic nitrogens is 1. The summed E-state index contributed by atoms with van der Waals surface area (Å²) in [4.78, 5) is 4.37. The van der Waals surface area contributed by atoms with Crippen LogP contribution in [0.5, 0.6) is 0 Å². The van der Waals surface area contributed by atoms with Crippen molar-refractivity contribution in [1.82, 2.24) is 4.98 Å². The lowest BCUT2D eigenvalue weighted by Gasteiger charge is -1.92. The Morgan fingerprint density at radius 1 is 1.33 bits per heavy atom. The fraction of sp³-hybridized carbons (Fsp3) is 0. The zero-order chi connectivity index (χ0) is 6.85. The summed E-state index contributed by atoms with van der Waals surface area (Å²) < 4.78 is 0. The van der Waals surface area contributed by atoms with Crippen LogP contribution in [0.3, 0.4) is 0 Å². The number of rotatable bonds is 0. The summed E-state index contributed by atoms with van der Waals surface area (Å²) in [6.45, 7) is 0. The Kier molecular flexibility index (Phi) is 2.22. The van der Waals surface area contributed by atoms with Crippen LogP contribution in [0.4, 0.5) is 0 Å². The molecule has 0 saturated heterocycles. The second kappa shape index (κ2) is 2.78. The third kappa shape index (κ3) is 1.75. The van der Waals surface area contributed by atoms with Gasteiger partial charge in [-0.15, -0.1) is 12.6 Å². The number of pyridine rings is 1. The van der Waals surface area contributed by atoms with E-state index < -0.39 is 0 Å². The molecule has 0 amide bonds.